The predicted octanol–water partition coefficient (Wildman–Crippen LogP) is 2.90. The van der Waals surface area contributed by atoms with E-state index in [-0.39, 0.29) is 5.91 Å². The number of benzene rings is 1. The number of likely N-dealkylation sites (N-methyl/N-ethyl adjacent to an activating group) is 1. The molecule has 0 fully saturated rings. The predicted molar refractivity (Wildman–Crippen MR) is 65.2 cm³/mol. The maximum Gasteiger partial charge on any atom is 0.260 e. The minimum atomic E-state index is -0.601. The van der Waals surface area contributed by atoms with Gasteiger partial charge in [-0.05, 0) is 26.0 Å². The van der Waals surface area contributed by atoms with Gasteiger partial charge in [0.2, 0.25) is 0 Å². The Morgan fingerprint density at radius 2 is 2.19 bits per heavy atom. The SMILES string of the molecule is CCNC(=O)[C@H](C)Oc1cccc(Cl)c1Cl. The Balaban J connectivity index is 2.73. The van der Waals surface area contributed by atoms with Gasteiger partial charge in [-0.2, -0.15) is 0 Å². The van der Waals surface area contributed by atoms with E-state index in [1.54, 1.807) is 25.1 Å². The van der Waals surface area contributed by atoms with Crippen molar-refractivity contribution in [3.63, 3.8) is 0 Å². The number of nitrogens with one attached hydrogen (secondary N) is 1. The number of amides is 1. The quantitative estimate of drug-likeness (QED) is 0.906. The summed E-state index contributed by atoms with van der Waals surface area (Å²) in [7, 11) is 0. The van der Waals surface area contributed by atoms with E-state index < -0.39 is 6.10 Å². The second kappa shape index (κ2) is 5.97. The number of hydrogen-bond acceptors (Lipinski definition) is 2. The monoisotopic (exact) mass is 261 g/mol. The lowest BCUT2D eigenvalue weighted by molar-refractivity contribution is -0.127. The molecule has 1 N–H and O–H groups in total. The van der Waals surface area contributed by atoms with Crippen molar-refractivity contribution < 1.29 is 9.53 Å². The van der Waals surface area contributed by atoms with Crippen LogP contribution in [0.2, 0.25) is 10.0 Å². The number of carbonyl (C=O) groups is 1. The molecule has 0 aliphatic carbocycles. The second-order valence-electron chi connectivity index (χ2n) is 3.21. The molecule has 0 aromatic heterocycles. The molecule has 1 amide bonds. The third kappa shape index (κ3) is 3.29. The fraction of sp³-hybridized carbons (Fsp3) is 0.364. The minimum Gasteiger partial charge on any atom is -0.479 e. The summed E-state index contributed by atoms with van der Waals surface area (Å²) in [6.07, 6.45) is -0.601. The Labute approximate surface area is 105 Å². The van der Waals surface area contributed by atoms with Gasteiger partial charge in [0.1, 0.15) is 10.8 Å². The molecule has 0 saturated carbocycles. The Bertz CT molecular complexity index is 382. The van der Waals surface area contributed by atoms with E-state index in [4.69, 9.17) is 27.9 Å². The average Bonchev–Trinajstić information content (AvgIpc) is 2.25. The fourth-order valence-electron chi connectivity index (χ4n) is 1.14. The van der Waals surface area contributed by atoms with Crippen molar-refractivity contribution in [2.45, 2.75) is 20.0 Å². The minimum absolute atomic E-state index is 0.182. The summed E-state index contributed by atoms with van der Waals surface area (Å²) in [5.74, 6) is 0.228. The molecule has 0 heterocycles. The van der Waals surface area contributed by atoms with Crippen LogP contribution in [-0.4, -0.2) is 18.6 Å². The smallest absolute Gasteiger partial charge is 0.260 e. The van der Waals surface area contributed by atoms with Crippen LogP contribution in [0.1, 0.15) is 13.8 Å². The van der Waals surface area contributed by atoms with Crippen LogP contribution in [0.15, 0.2) is 18.2 Å². The Morgan fingerprint density at radius 3 is 2.81 bits per heavy atom. The molecule has 1 aromatic carbocycles. The van der Waals surface area contributed by atoms with Crippen LogP contribution < -0.4 is 10.1 Å². The van der Waals surface area contributed by atoms with E-state index in [1.807, 2.05) is 6.92 Å². The van der Waals surface area contributed by atoms with Gasteiger partial charge in [0.25, 0.3) is 5.91 Å². The molecule has 0 radical (unpaired) electrons. The molecular weight excluding hydrogens is 249 g/mol. The lowest BCUT2D eigenvalue weighted by atomic mass is 10.3. The molecular formula is C11H13Cl2NO2. The van der Waals surface area contributed by atoms with Gasteiger partial charge >= 0.3 is 0 Å². The molecule has 16 heavy (non-hydrogen) atoms. The third-order valence-electron chi connectivity index (χ3n) is 1.94. The summed E-state index contributed by atoms with van der Waals surface area (Å²) in [6, 6.07) is 5.05. The zero-order valence-electron chi connectivity index (χ0n) is 9.09. The van der Waals surface area contributed by atoms with Crippen molar-refractivity contribution in [3.8, 4) is 5.75 Å². The number of ether oxygens (including phenoxy) is 1. The highest BCUT2D eigenvalue weighted by molar-refractivity contribution is 6.42. The summed E-state index contributed by atoms with van der Waals surface area (Å²) in [6.45, 7) is 4.06. The maximum atomic E-state index is 11.4. The van der Waals surface area contributed by atoms with E-state index in [0.717, 1.165) is 0 Å². The van der Waals surface area contributed by atoms with Crippen molar-refractivity contribution in [3.05, 3.63) is 28.2 Å². The van der Waals surface area contributed by atoms with E-state index in [1.165, 1.54) is 0 Å². The van der Waals surface area contributed by atoms with Crippen LogP contribution in [-0.2, 0) is 4.79 Å². The molecule has 88 valence electrons. The largest absolute Gasteiger partial charge is 0.479 e. The van der Waals surface area contributed by atoms with Crippen LogP contribution in [0.3, 0.4) is 0 Å². The first-order valence-electron chi connectivity index (χ1n) is 4.94. The number of rotatable bonds is 4. The normalized spacial score (nSPS) is 12.0. The van der Waals surface area contributed by atoms with Crippen molar-refractivity contribution in [2.75, 3.05) is 6.54 Å². The molecule has 0 aliphatic heterocycles. The lowest BCUT2D eigenvalue weighted by Gasteiger charge is -2.15. The Morgan fingerprint density at radius 1 is 1.50 bits per heavy atom. The van der Waals surface area contributed by atoms with E-state index >= 15 is 0 Å². The highest BCUT2D eigenvalue weighted by atomic mass is 35.5. The summed E-state index contributed by atoms with van der Waals surface area (Å²) in [5.41, 5.74) is 0. The number of hydrogen-bond donors (Lipinski definition) is 1. The number of carbonyl (C=O) groups excluding carboxylic acids is 1. The average molecular weight is 262 g/mol. The first kappa shape index (κ1) is 13.1. The third-order valence-corrected chi connectivity index (χ3v) is 2.74. The van der Waals surface area contributed by atoms with Crippen molar-refractivity contribution in [1.29, 1.82) is 0 Å². The topological polar surface area (TPSA) is 38.3 Å². The van der Waals surface area contributed by atoms with Gasteiger partial charge < -0.3 is 10.1 Å². The van der Waals surface area contributed by atoms with E-state index in [2.05, 4.69) is 5.32 Å². The lowest BCUT2D eigenvalue weighted by Crippen LogP contribution is -2.36. The molecule has 1 aromatic rings. The molecule has 1 atom stereocenters. The molecule has 5 heteroatoms. The van der Waals surface area contributed by atoms with Crippen molar-refractivity contribution in [1.82, 2.24) is 5.32 Å². The highest BCUT2D eigenvalue weighted by Crippen LogP contribution is 2.31. The van der Waals surface area contributed by atoms with Crippen LogP contribution in [0.25, 0.3) is 0 Å². The van der Waals surface area contributed by atoms with Gasteiger partial charge in [-0.1, -0.05) is 29.3 Å². The van der Waals surface area contributed by atoms with Crippen LogP contribution in [0, 0.1) is 0 Å². The molecule has 3 nitrogen and oxygen atoms in total. The highest BCUT2D eigenvalue weighted by Gasteiger charge is 2.15. The first-order chi connectivity index (χ1) is 7.56. The van der Waals surface area contributed by atoms with Gasteiger partial charge in [-0.25, -0.2) is 0 Å². The maximum absolute atomic E-state index is 11.4. The molecule has 0 aliphatic rings. The zero-order chi connectivity index (χ0) is 12.1. The summed E-state index contributed by atoms with van der Waals surface area (Å²) in [5, 5.41) is 3.38. The van der Waals surface area contributed by atoms with E-state index in [9.17, 15) is 4.79 Å². The van der Waals surface area contributed by atoms with Gasteiger partial charge in [-0.15, -0.1) is 0 Å². The van der Waals surface area contributed by atoms with Crippen molar-refractivity contribution in [2.24, 2.45) is 0 Å². The van der Waals surface area contributed by atoms with Crippen molar-refractivity contribution >= 4 is 29.1 Å². The standard InChI is InChI=1S/C11H13Cl2NO2/c1-3-14-11(15)7(2)16-9-6-4-5-8(12)10(9)13/h4-7H,3H2,1-2H3,(H,14,15)/t7-/m0/s1. The number of halogens is 2. The van der Waals surface area contributed by atoms with Gasteiger partial charge in [0, 0.05) is 6.54 Å². The Hall–Kier alpha value is -0.930. The molecule has 0 unspecified atom stereocenters. The van der Waals surface area contributed by atoms with Gasteiger partial charge in [0.15, 0.2) is 6.10 Å². The summed E-state index contributed by atoms with van der Waals surface area (Å²) in [4.78, 5) is 11.4. The Kier molecular flexibility index (Phi) is 4.90. The van der Waals surface area contributed by atoms with Crippen LogP contribution in [0.5, 0.6) is 5.75 Å². The van der Waals surface area contributed by atoms with E-state index in [0.29, 0.717) is 22.3 Å². The zero-order valence-corrected chi connectivity index (χ0v) is 10.6. The summed E-state index contributed by atoms with van der Waals surface area (Å²) < 4.78 is 5.41. The van der Waals surface area contributed by atoms with Gasteiger partial charge in [0.05, 0.1) is 5.02 Å². The van der Waals surface area contributed by atoms with Gasteiger partial charge in [-0.3, -0.25) is 4.79 Å². The second-order valence-corrected chi connectivity index (χ2v) is 3.99. The fourth-order valence-corrected chi connectivity index (χ4v) is 1.47. The summed E-state index contributed by atoms with van der Waals surface area (Å²) >= 11 is 11.8. The molecule has 1 rings (SSSR count). The van der Waals surface area contributed by atoms with Crippen LogP contribution in [0.4, 0.5) is 0 Å². The molecule has 0 saturated heterocycles. The first-order valence-corrected chi connectivity index (χ1v) is 5.70. The van der Waals surface area contributed by atoms with Crippen LogP contribution >= 0.6 is 23.2 Å². The molecule has 0 spiro atoms. The molecule has 0 bridgehead atoms.